The van der Waals surface area contributed by atoms with Crippen LogP contribution in [0.2, 0.25) is 0 Å². The molecule has 0 radical (unpaired) electrons. The van der Waals surface area contributed by atoms with Crippen LogP contribution in [0.1, 0.15) is 32.6 Å². The zero-order valence-corrected chi connectivity index (χ0v) is 9.98. The lowest BCUT2D eigenvalue weighted by molar-refractivity contribution is -0.145. The Hall–Kier alpha value is -0.610. The van der Waals surface area contributed by atoms with E-state index in [0.717, 1.165) is 19.0 Å². The Balaban J connectivity index is 2.01. The standard InChI is InChI=1S/C12H22N2O2/c1-9-3-2-4-10(7-9)14-6-5-13-8-11(14)12(15)16/h9-11,13H,2-8H2,1H3,(H,15,16). The maximum Gasteiger partial charge on any atom is 0.322 e. The van der Waals surface area contributed by atoms with Crippen LogP contribution >= 0.6 is 0 Å². The highest BCUT2D eigenvalue weighted by Crippen LogP contribution is 2.28. The minimum atomic E-state index is -0.676. The highest BCUT2D eigenvalue weighted by atomic mass is 16.4. The Morgan fingerprint density at radius 1 is 1.44 bits per heavy atom. The Morgan fingerprint density at radius 2 is 2.25 bits per heavy atom. The summed E-state index contributed by atoms with van der Waals surface area (Å²) < 4.78 is 0. The fourth-order valence-electron chi connectivity index (χ4n) is 3.09. The molecule has 0 bridgehead atoms. The minimum Gasteiger partial charge on any atom is -0.480 e. The van der Waals surface area contributed by atoms with Crippen LogP contribution in [-0.2, 0) is 4.79 Å². The van der Waals surface area contributed by atoms with Gasteiger partial charge in [0.25, 0.3) is 0 Å². The lowest BCUT2D eigenvalue weighted by atomic mass is 9.85. The van der Waals surface area contributed by atoms with Gasteiger partial charge in [0, 0.05) is 25.7 Å². The molecule has 16 heavy (non-hydrogen) atoms. The van der Waals surface area contributed by atoms with Crippen molar-refractivity contribution in [3.63, 3.8) is 0 Å². The van der Waals surface area contributed by atoms with Crippen LogP contribution in [0, 0.1) is 5.92 Å². The second kappa shape index (κ2) is 5.15. The van der Waals surface area contributed by atoms with Crippen molar-refractivity contribution >= 4 is 5.97 Å². The molecule has 3 unspecified atom stereocenters. The molecule has 3 atom stereocenters. The third-order valence-corrected chi connectivity index (χ3v) is 3.95. The number of hydrogen-bond donors (Lipinski definition) is 2. The second-order valence-corrected chi connectivity index (χ2v) is 5.22. The number of aliphatic carboxylic acids is 1. The first kappa shape index (κ1) is 11.9. The lowest BCUT2D eigenvalue weighted by Gasteiger charge is -2.42. The van der Waals surface area contributed by atoms with Crippen LogP contribution in [0.3, 0.4) is 0 Å². The fraction of sp³-hybridized carbons (Fsp3) is 0.917. The fourth-order valence-corrected chi connectivity index (χ4v) is 3.09. The summed E-state index contributed by atoms with van der Waals surface area (Å²) in [6, 6.07) is 0.177. The maximum atomic E-state index is 11.2. The number of piperazine rings is 1. The van der Waals surface area contributed by atoms with E-state index in [4.69, 9.17) is 0 Å². The Labute approximate surface area is 97.0 Å². The van der Waals surface area contributed by atoms with Crippen LogP contribution in [0.4, 0.5) is 0 Å². The van der Waals surface area contributed by atoms with Crippen LogP contribution < -0.4 is 5.32 Å². The van der Waals surface area contributed by atoms with Gasteiger partial charge in [-0.15, -0.1) is 0 Å². The SMILES string of the molecule is CC1CCCC(N2CCNCC2C(=O)O)C1. The molecular formula is C12H22N2O2. The molecule has 0 spiro atoms. The van der Waals surface area contributed by atoms with Gasteiger partial charge in [0.15, 0.2) is 0 Å². The molecule has 1 heterocycles. The van der Waals surface area contributed by atoms with Crippen molar-refractivity contribution in [2.24, 2.45) is 5.92 Å². The van der Waals surface area contributed by atoms with Gasteiger partial charge in [-0.2, -0.15) is 0 Å². The van der Waals surface area contributed by atoms with E-state index in [1.165, 1.54) is 25.7 Å². The summed E-state index contributed by atoms with van der Waals surface area (Å²) in [5.41, 5.74) is 0. The molecule has 92 valence electrons. The first-order chi connectivity index (χ1) is 7.68. The van der Waals surface area contributed by atoms with Gasteiger partial charge < -0.3 is 10.4 Å². The summed E-state index contributed by atoms with van der Waals surface area (Å²) in [7, 11) is 0. The van der Waals surface area contributed by atoms with Gasteiger partial charge in [-0.25, -0.2) is 0 Å². The Bertz CT molecular complexity index is 257. The number of hydrogen-bond acceptors (Lipinski definition) is 3. The predicted molar refractivity (Wildman–Crippen MR) is 62.4 cm³/mol. The van der Waals surface area contributed by atoms with Gasteiger partial charge in [-0.05, 0) is 18.8 Å². The molecule has 0 aromatic rings. The number of carboxylic acid groups (broad SMARTS) is 1. The maximum absolute atomic E-state index is 11.2. The van der Waals surface area contributed by atoms with Gasteiger partial charge >= 0.3 is 5.97 Å². The predicted octanol–water partition coefficient (Wildman–Crippen LogP) is 0.923. The van der Waals surface area contributed by atoms with E-state index in [9.17, 15) is 9.90 Å². The molecule has 1 aliphatic carbocycles. The van der Waals surface area contributed by atoms with Crippen molar-refractivity contribution < 1.29 is 9.90 Å². The summed E-state index contributed by atoms with van der Waals surface area (Å²) in [4.78, 5) is 13.4. The van der Waals surface area contributed by atoms with Gasteiger partial charge in [0.05, 0.1) is 0 Å². The summed E-state index contributed by atoms with van der Waals surface area (Å²) in [5, 5.41) is 12.4. The highest BCUT2D eigenvalue weighted by molar-refractivity contribution is 5.74. The molecule has 0 amide bonds. The van der Waals surface area contributed by atoms with E-state index < -0.39 is 5.97 Å². The van der Waals surface area contributed by atoms with Gasteiger partial charge in [-0.1, -0.05) is 19.8 Å². The largest absolute Gasteiger partial charge is 0.480 e. The average Bonchev–Trinajstić information content (AvgIpc) is 2.29. The van der Waals surface area contributed by atoms with Crippen LogP contribution in [0.25, 0.3) is 0 Å². The molecule has 4 nitrogen and oxygen atoms in total. The first-order valence-corrected chi connectivity index (χ1v) is 6.37. The topological polar surface area (TPSA) is 52.6 Å². The molecule has 0 aromatic heterocycles. The molecule has 2 rings (SSSR count). The number of carbonyl (C=O) groups is 1. The Kier molecular flexibility index (Phi) is 3.82. The average molecular weight is 226 g/mol. The molecule has 0 aromatic carbocycles. The van der Waals surface area contributed by atoms with Crippen LogP contribution in [0.15, 0.2) is 0 Å². The van der Waals surface area contributed by atoms with Crippen molar-refractivity contribution in [1.82, 2.24) is 10.2 Å². The molecule has 2 fully saturated rings. The van der Waals surface area contributed by atoms with Crippen LogP contribution in [0.5, 0.6) is 0 Å². The zero-order valence-electron chi connectivity index (χ0n) is 9.98. The molecular weight excluding hydrogens is 204 g/mol. The number of nitrogens with zero attached hydrogens (tertiary/aromatic N) is 1. The number of carboxylic acids is 1. The minimum absolute atomic E-state index is 0.316. The zero-order chi connectivity index (χ0) is 11.5. The van der Waals surface area contributed by atoms with Crippen LogP contribution in [-0.4, -0.2) is 47.7 Å². The van der Waals surface area contributed by atoms with E-state index in [0.29, 0.717) is 12.6 Å². The monoisotopic (exact) mass is 226 g/mol. The van der Waals surface area contributed by atoms with Crippen molar-refractivity contribution in [2.45, 2.75) is 44.7 Å². The summed E-state index contributed by atoms with van der Waals surface area (Å²) >= 11 is 0. The van der Waals surface area contributed by atoms with Gasteiger partial charge in [-0.3, -0.25) is 9.69 Å². The quantitative estimate of drug-likeness (QED) is 0.735. The molecule has 4 heteroatoms. The van der Waals surface area contributed by atoms with E-state index in [1.54, 1.807) is 0 Å². The summed E-state index contributed by atoms with van der Waals surface area (Å²) in [5.74, 6) is 0.0773. The van der Waals surface area contributed by atoms with Crippen molar-refractivity contribution in [2.75, 3.05) is 19.6 Å². The first-order valence-electron chi connectivity index (χ1n) is 6.37. The van der Waals surface area contributed by atoms with Gasteiger partial charge in [0.2, 0.25) is 0 Å². The third kappa shape index (κ3) is 2.55. The number of nitrogens with one attached hydrogen (secondary N) is 1. The lowest BCUT2D eigenvalue weighted by Crippen LogP contribution is -2.58. The summed E-state index contributed by atoms with van der Waals surface area (Å²) in [6.45, 7) is 4.69. The Morgan fingerprint density at radius 3 is 2.94 bits per heavy atom. The summed E-state index contributed by atoms with van der Waals surface area (Å²) in [6.07, 6.45) is 4.90. The molecule has 1 saturated carbocycles. The second-order valence-electron chi connectivity index (χ2n) is 5.22. The normalized spacial score (nSPS) is 37.2. The van der Waals surface area contributed by atoms with Gasteiger partial charge in [0.1, 0.15) is 6.04 Å². The smallest absolute Gasteiger partial charge is 0.322 e. The van der Waals surface area contributed by atoms with Crippen molar-refractivity contribution in [1.29, 1.82) is 0 Å². The molecule has 2 N–H and O–H groups in total. The van der Waals surface area contributed by atoms with Crippen molar-refractivity contribution in [3.05, 3.63) is 0 Å². The molecule has 2 aliphatic rings. The van der Waals surface area contributed by atoms with E-state index >= 15 is 0 Å². The number of rotatable bonds is 2. The van der Waals surface area contributed by atoms with E-state index in [1.807, 2.05) is 0 Å². The third-order valence-electron chi connectivity index (χ3n) is 3.95. The molecule has 1 aliphatic heterocycles. The van der Waals surface area contributed by atoms with Crippen molar-refractivity contribution in [3.8, 4) is 0 Å². The highest BCUT2D eigenvalue weighted by Gasteiger charge is 2.34. The van der Waals surface area contributed by atoms with E-state index in [-0.39, 0.29) is 6.04 Å². The molecule has 1 saturated heterocycles. The van der Waals surface area contributed by atoms with E-state index in [2.05, 4.69) is 17.1 Å².